The molecule has 20 heavy (non-hydrogen) atoms. The number of carbonyl (C=O) groups is 2. The molecular weight excluding hydrogens is 276 g/mol. The van der Waals surface area contributed by atoms with Crippen LogP contribution in [0.15, 0.2) is 18.2 Å². The van der Waals surface area contributed by atoms with Crippen LogP contribution in [0, 0.1) is 0 Å². The molecule has 2 heterocycles. The standard InChI is InChI=1S/C13H14N4O2S/c14-13-17-8-4-3-7(6-10(8)20-13)11(18)16-9-2-1-5-15-12(9)19/h3-4,6,9H,1-2,5H2,(H2,14,17)(H,15,19)(H,16,18). The van der Waals surface area contributed by atoms with Crippen LogP contribution in [0.1, 0.15) is 23.2 Å². The van der Waals surface area contributed by atoms with Gasteiger partial charge in [-0.05, 0) is 31.0 Å². The van der Waals surface area contributed by atoms with Gasteiger partial charge in [0.05, 0.1) is 10.2 Å². The van der Waals surface area contributed by atoms with Crippen molar-refractivity contribution >= 4 is 38.5 Å². The van der Waals surface area contributed by atoms with Gasteiger partial charge in [0, 0.05) is 12.1 Å². The van der Waals surface area contributed by atoms with Crippen molar-refractivity contribution in [3.63, 3.8) is 0 Å². The van der Waals surface area contributed by atoms with Gasteiger partial charge < -0.3 is 16.4 Å². The Hall–Kier alpha value is -2.15. The highest BCUT2D eigenvalue weighted by Gasteiger charge is 2.24. The van der Waals surface area contributed by atoms with E-state index in [0.29, 0.717) is 23.7 Å². The fourth-order valence-corrected chi connectivity index (χ4v) is 3.01. The van der Waals surface area contributed by atoms with E-state index in [1.807, 2.05) is 0 Å². The van der Waals surface area contributed by atoms with Crippen molar-refractivity contribution in [2.24, 2.45) is 0 Å². The lowest BCUT2D eigenvalue weighted by Crippen LogP contribution is -2.50. The largest absolute Gasteiger partial charge is 0.375 e. The number of thiazole rings is 1. The Bertz CT molecular complexity index is 682. The summed E-state index contributed by atoms with van der Waals surface area (Å²) in [5.74, 6) is -0.367. The predicted octanol–water partition coefficient (Wildman–Crippen LogP) is 0.887. The predicted molar refractivity (Wildman–Crippen MR) is 77.5 cm³/mol. The first-order valence-corrected chi connectivity index (χ1v) is 7.20. The van der Waals surface area contributed by atoms with Gasteiger partial charge in [-0.1, -0.05) is 11.3 Å². The van der Waals surface area contributed by atoms with Gasteiger partial charge in [-0.3, -0.25) is 9.59 Å². The molecule has 2 aromatic rings. The molecule has 3 rings (SSSR count). The summed E-state index contributed by atoms with van der Waals surface area (Å²) in [7, 11) is 0. The van der Waals surface area contributed by atoms with Crippen LogP contribution in [0.3, 0.4) is 0 Å². The van der Waals surface area contributed by atoms with Gasteiger partial charge in [-0.2, -0.15) is 0 Å². The average molecular weight is 290 g/mol. The van der Waals surface area contributed by atoms with E-state index in [1.165, 1.54) is 11.3 Å². The molecule has 104 valence electrons. The van der Waals surface area contributed by atoms with Crippen LogP contribution >= 0.6 is 11.3 Å². The van der Waals surface area contributed by atoms with Crippen molar-refractivity contribution in [3.8, 4) is 0 Å². The van der Waals surface area contributed by atoms with Crippen LogP contribution in [0.4, 0.5) is 5.13 Å². The van der Waals surface area contributed by atoms with Gasteiger partial charge in [0.25, 0.3) is 5.91 Å². The highest BCUT2D eigenvalue weighted by atomic mass is 32.1. The second-order valence-corrected chi connectivity index (χ2v) is 5.76. The highest BCUT2D eigenvalue weighted by Crippen LogP contribution is 2.24. The summed E-state index contributed by atoms with van der Waals surface area (Å²) in [6.07, 6.45) is 1.55. The molecule has 1 aliphatic heterocycles. The Morgan fingerprint density at radius 2 is 2.35 bits per heavy atom. The number of fused-ring (bicyclic) bond motifs is 1. The smallest absolute Gasteiger partial charge is 0.251 e. The first-order chi connectivity index (χ1) is 9.63. The van der Waals surface area contributed by atoms with Crippen molar-refractivity contribution in [3.05, 3.63) is 23.8 Å². The fourth-order valence-electron chi connectivity index (χ4n) is 2.24. The van der Waals surface area contributed by atoms with Gasteiger partial charge in [-0.25, -0.2) is 4.98 Å². The summed E-state index contributed by atoms with van der Waals surface area (Å²) in [5.41, 5.74) is 6.93. The topological polar surface area (TPSA) is 97.1 Å². The lowest BCUT2D eigenvalue weighted by molar-refractivity contribution is -0.124. The van der Waals surface area contributed by atoms with Gasteiger partial charge in [0.1, 0.15) is 6.04 Å². The Labute approximate surface area is 119 Å². The van der Waals surface area contributed by atoms with E-state index in [2.05, 4.69) is 15.6 Å². The lowest BCUT2D eigenvalue weighted by Gasteiger charge is -2.22. The number of rotatable bonds is 2. The summed E-state index contributed by atoms with van der Waals surface area (Å²) in [5, 5.41) is 5.98. The number of hydrogen-bond acceptors (Lipinski definition) is 5. The molecule has 4 N–H and O–H groups in total. The Balaban J connectivity index is 1.79. The van der Waals surface area contributed by atoms with E-state index in [-0.39, 0.29) is 11.8 Å². The summed E-state index contributed by atoms with van der Waals surface area (Å²) < 4.78 is 0.864. The second kappa shape index (κ2) is 5.09. The zero-order valence-electron chi connectivity index (χ0n) is 10.7. The van der Waals surface area contributed by atoms with E-state index in [1.54, 1.807) is 18.2 Å². The fraction of sp³-hybridized carbons (Fsp3) is 0.308. The lowest BCUT2D eigenvalue weighted by atomic mass is 10.1. The van der Waals surface area contributed by atoms with Crippen molar-refractivity contribution in [1.82, 2.24) is 15.6 Å². The highest BCUT2D eigenvalue weighted by molar-refractivity contribution is 7.22. The minimum atomic E-state index is -0.446. The monoisotopic (exact) mass is 290 g/mol. The number of nitrogens with two attached hydrogens (primary N) is 1. The molecule has 1 unspecified atom stereocenters. The molecule has 1 aromatic carbocycles. The minimum Gasteiger partial charge on any atom is -0.375 e. The molecule has 1 atom stereocenters. The van der Waals surface area contributed by atoms with E-state index in [9.17, 15) is 9.59 Å². The number of aromatic nitrogens is 1. The molecule has 1 fully saturated rings. The van der Waals surface area contributed by atoms with E-state index in [0.717, 1.165) is 16.6 Å². The third-order valence-corrected chi connectivity index (χ3v) is 4.11. The Morgan fingerprint density at radius 1 is 1.50 bits per heavy atom. The molecule has 1 aliphatic rings. The van der Waals surface area contributed by atoms with E-state index in [4.69, 9.17) is 5.73 Å². The first-order valence-electron chi connectivity index (χ1n) is 6.38. The van der Waals surface area contributed by atoms with Gasteiger partial charge in [0.2, 0.25) is 5.91 Å². The Kier molecular flexibility index (Phi) is 3.27. The number of amides is 2. The van der Waals surface area contributed by atoms with Crippen LogP contribution in [-0.2, 0) is 4.79 Å². The van der Waals surface area contributed by atoms with Crippen LogP contribution in [0.5, 0.6) is 0 Å². The molecular formula is C13H14N4O2S. The van der Waals surface area contributed by atoms with E-state index < -0.39 is 6.04 Å². The van der Waals surface area contributed by atoms with Crippen molar-refractivity contribution in [2.75, 3.05) is 12.3 Å². The number of carbonyl (C=O) groups excluding carboxylic acids is 2. The van der Waals surface area contributed by atoms with Gasteiger partial charge >= 0.3 is 0 Å². The maximum absolute atomic E-state index is 12.2. The average Bonchev–Trinajstić information content (AvgIpc) is 2.80. The molecule has 0 radical (unpaired) electrons. The van der Waals surface area contributed by atoms with Gasteiger partial charge in [0.15, 0.2) is 5.13 Å². The summed E-state index contributed by atoms with van der Waals surface area (Å²) in [6, 6.07) is 4.76. The van der Waals surface area contributed by atoms with E-state index >= 15 is 0 Å². The van der Waals surface area contributed by atoms with Crippen LogP contribution in [-0.4, -0.2) is 29.4 Å². The van der Waals surface area contributed by atoms with Gasteiger partial charge in [-0.15, -0.1) is 0 Å². The molecule has 2 amide bonds. The molecule has 0 saturated carbocycles. The third kappa shape index (κ3) is 2.44. The van der Waals surface area contributed by atoms with Crippen molar-refractivity contribution < 1.29 is 9.59 Å². The second-order valence-electron chi connectivity index (χ2n) is 4.69. The quantitative estimate of drug-likeness (QED) is 0.765. The third-order valence-electron chi connectivity index (χ3n) is 3.26. The molecule has 0 spiro atoms. The normalized spacial score (nSPS) is 18.8. The van der Waals surface area contributed by atoms with Crippen molar-refractivity contribution in [2.45, 2.75) is 18.9 Å². The summed E-state index contributed by atoms with van der Waals surface area (Å²) >= 11 is 1.34. The molecule has 7 heteroatoms. The summed E-state index contributed by atoms with van der Waals surface area (Å²) in [4.78, 5) is 27.9. The number of anilines is 1. The maximum Gasteiger partial charge on any atom is 0.251 e. The number of piperidine rings is 1. The zero-order chi connectivity index (χ0) is 14.1. The molecule has 6 nitrogen and oxygen atoms in total. The van der Waals surface area contributed by atoms with Crippen LogP contribution in [0.2, 0.25) is 0 Å². The molecule has 0 aliphatic carbocycles. The molecule has 1 aromatic heterocycles. The Morgan fingerprint density at radius 3 is 3.15 bits per heavy atom. The maximum atomic E-state index is 12.2. The van der Waals surface area contributed by atoms with Crippen LogP contribution < -0.4 is 16.4 Å². The number of benzene rings is 1. The van der Waals surface area contributed by atoms with Crippen LogP contribution in [0.25, 0.3) is 10.2 Å². The number of nitrogens with one attached hydrogen (secondary N) is 2. The minimum absolute atomic E-state index is 0.118. The number of nitrogen functional groups attached to an aromatic ring is 1. The molecule has 0 bridgehead atoms. The first kappa shape index (κ1) is 12.9. The molecule has 1 saturated heterocycles. The van der Waals surface area contributed by atoms with Crippen molar-refractivity contribution in [1.29, 1.82) is 0 Å². The number of hydrogen-bond donors (Lipinski definition) is 3. The SMILES string of the molecule is Nc1nc2ccc(C(=O)NC3CCCNC3=O)cc2s1. The number of nitrogens with zero attached hydrogens (tertiary/aromatic N) is 1. The zero-order valence-corrected chi connectivity index (χ0v) is 11.5. The summed E-state index contributed by atoms with van der Waals surface area (Å²) in [6.45, 7) is 0.678.